The summed E-state index contributed by atoms with van der Waals surface area (Å²) in [6.45, 7) is 5.35. The molecule has 3 aromatic rings. The second kappa shape index (κ2) is 8.03. The fraction of sp³-hybridized carbons (Fsp3) is 0.292. The van der Waals surface area contributed by atoms with Crippen LogP contribution in [-0.4, -0.2) is 34.7 Å². The molecule has 1 aliphatic heterocycles. The molecule has 2 heterocycles. The van der Waals surface area contributed by atoms with Crippen molar-refractivity contribution in [1.82, 2.24) is 9.88 Å². The minimum absolute atomic E-state index is 0.0161. The molecule has 1 aromatic heterocycles. The Labute approximate surface area is 170 Å². The van der Waals surface area contributed by atoms with Gasteiger partial charge in [0, 0.05) is 29.7 Å². The van der Waals surface area contributed by atoms with Crippen LogP contribution >= 0.6 is 0 Å². The van der Waals surface area contributed by atoms with Gasteiger partial charge in [0.05, 0.1) is 11.2 Å². The Kier molecular flexibility index (Phi) is 5.30. The van der Waals surface area contributed by atoms with Gasteiger partial charge in [-0.15, -0.1) is 0 Å². The number of benzene rings is 2. The van der Waals surface area contributed by atoms with Crippen molar-refractivity contribution in [2.75, 3.05) is 18.4 Å². The molecule has 5 nitrogen and oxygen atoms in total. The summed E-state index contributed by atoms with van der Waals surface area (Å²) in [7, 11) is 0. The molecule has 0 aliphatic carbocycles. The number of carbonyl (C=O) groups excluding carboxylic acids is 2. The van der Waals surface area contributed by atoms with Crippen molar-refractivity contribution in [1.29, 1.82) is 0 Å². The number of fused-ring (bicyclic) bond motifs is 1. The number of rotatable bonds is 4. The Morgan fingerprint density at radius 3 is 2.41 bits per heavy atom. The maximum absolute atomic E-state index is 13.1. The monoisotopic (exact) mass is 387 g/mol. The average molecular weight is 387 g/mol. The molecule has 1 N–H and O–H groups in total. The molecule has 0 unspecified atom stereocenters. The van der Waals surface area contributed by atoms with Gasteiger partial charge in [-0.3, -0.25) is 9.59 Å². The zero-order valence-electron chi connectivity index (χ0n) is 16.8. The highest BCUT2D eigenvalue weighted by molar-refractivity contribution is 6.01. The number of para-hydroxylation sites is 1. The first-order chi connectivity index (χ1) is 14.0. The Hall–Kier alpha value is -3.21. The predicted octanol–water partition coefficient (Wildman–Crippen LogP) is 5.05. The smallest absolute Gasteiger partial charge is 0.272 e. The molecule has 0 spiro atoms. The molecular weight excluding hydrogens is 362 g/mol. The summed E-state index contributed by atoms with van der Waals surface area (Å²) in [5.41, 5.74) is 3.61. The first-order valence-electron chi connectivity index (χ1n) is 10.1. The molecule has 1 saturated heterocycles. The number of likely N-dealkylation sites (tertiary alicyclic amines) is 1. The third kappa shape index (κ3) is 4.14. The van der Waals surface area contributed by atoms with E-state index >= 15 is 0 Å². The van der Waals surface area contributed by atoms with Gasteiger partial charge in [-0.05, 0) is 62.1 Å². The van der Waals surface area contributed by atoms with Crippen LogP contribution in [-0.2, 0) is 0 Å². The highest BCUT2D eigenvalue weighted by Gasteiger charge is 2.23. The Morgan fingerprint density at radius 2 is 1.72 bits per heavy atom. The third-order valence-corrected chi connectivity index (χ3v) is 5.58. The number of amides is 1. The lowest BCUT2D eigenvalue weighted by molar-refractivity contribution is 0.0691. The van der Waals surface area contributed by atoms with Crippen molar-refractivity contribution in [2.24, 2.45) is 5.92 Å². The van der Waals surface area contributed by atoms with Crippen molar-refractivity contribution >= 4 is 34.0 Å². The van der Waals surface area contributed by atoms with Gasteiger partial charge in [0.25, 0.3) is 5.91 Å². The summed E-state index contributed by atoms with van der Waals surface area (Å²) in [5, 5.41) is 4.35. The molecule has 0 radical (unpaired) electrons. The van der Waals surface area contributed by atoms with Crippen molar-refractivity contribution in [3.05, 3.63) is 65.9 Å². The number of carbonyl (C=O) groups is 2. The lowest BCUT2D eigenvalue weighted by Gasteiger charge is -2.30. The molecule has 4 rings (SSSR count). The molecule has 0 bridgehead atoms. The lowest BCUT2D eigenvalue weighted by Crippen LogP contribution is -2.38. The first-order valence-corrected chi connectivity index (χ1v) is 10.1. The van der Waals surface area contributed by atoms with Crippen LogP contribution in [0.15, 0.2) is 54.6 Å². The number of hydrogen-bond donors (Lipinski definition) is 1. The molecule has 2 aromatic carbocycles. The predicted molar refractivity (Wildman–Crippen MR) is 116 cm³/mol. The quantitative estimate of drug-likeness (QED) is 0.636. The number of pyridine rings is 1. The van der Waals surface area contributed by atoms with E-state index in [9.17, 15) is 9.59 Å². The summed E-state index contributed by atoms with van der Waals surface area (Å²) in [4.78, 5) is 31.1. The molecule has 148 valence electrons. The molecule has 0 saturated carbocycles. The fourth-order valence-electron chi connectivity index (χ4n) is 3.71. The number of hydrogen-bond acceptors (Lipinski definition) is 4. The molecular formula is C24H25N3O2. The van der Waals surface area contributed by atoms with Crippen LogP contribution in [0.3, 0.4) is 0 Å². The SMILES string of the molecule is CC(=O)c1ccc(Nc2cc(C(=O)N3CCC(C)CC3)nc3ccccc23)cc1. The normalized spacial score (nSPS) is 14.8. The number of nitrogens with zero attached hydrogens (tertiary/aromatic N) is 2. The number of piperidine rings is 1. The summed E-state index contributed by atoms with van der Waals surface area (Å²) in [6.07, 6.45) is 2.07. The number of ketones is 1. The molecule has 1 fully saturated rings. The van der Waals surface area contributed by atoms with E-state index in [1.807, 2.05) is 47.4 Å². The lowest BCUT2D eigenvalue weighted by atomic mass is 9.99. The zero-order chi connectivity index (χ0) is 20.4. The van der Waals surface area contributed by atoms with E-state index in [2.05, 4.69) is 17.2 Å². The summed E-state index contributed by atoms with van der Waals surface area (Å²) >= 11 is 0. The Morgan fingerprint density at radius 1 is 1.03 bits per heavy atom. The maximum Gasteiger partial charge on any atom is 0.272 e. The topological polar surface area (TPSA) is 62.3 Å². The van der Waals surface area contributed by atoms with Crippen molar-refractivity contribution < 1.29 is 9.59 Å². The van der Waals surface area contributed by atoms with E-state index in [0.717, 1.165) is 48.2 Å². The van der Waals surface area contributed by atoms with Crippen LogP contribution in [0.4, 0.5) is 11.4 Å². The largest absolute Gasteiger partial charge is 0.355 e. The first kappa shape index (κ1) is 19.1. The van der Waals surface area contributed by atoms with E-state index in [1.54, 1.807) is 19.1 Å². The minimum atomic E-state index is -0.0161. The third-order valence-electron chi connectivity index (χ3n) is 5.58. The van der Waals surface area contributed by atoms with Crippen LogP contribution in [0.25, 0.3) is 10.9 Å². The van der Waals surface area contributed by atoms with Gasteiger partial charge in [-0.2, -0.15) is 0 Å². The number of anilines is 2. The fourth-order valence-corrected chi connectivity index (χ4v) is 3.71. The second-order valence-corrected chi connectivity index (χ2v) is 7.81. The van der Waals surface area contributed by atoms with E-state index in [4.69, 9.17) is 0 Å². The van der Waals surface area contributed by atoms with Crippen molar-refractivity contribution in [3.63, 3.8) is 0 Å². The van der Waals surface area contributed by atoms with E-state index in [1.165, 1.54) is 0 Å². The maximum atomic E-state index is 13.1. The van der Waals surface area contributed by atoms with Crippen molar-refractivity contribution in [3.8, 4) is 0 Å². The summed E-state index contributed by atoms with van der Waals surface area (Å²) in [6, 6.07) is 17.0. The standard InChI is InChI=1S/C24H25N3O2/c1-16-11-13-27(14-12-16)24(29)23-15-22(20-5-3-4-6-21(20)26-23)25-19-9-7-18(8-10-19)17(2)28/h3-10,15-16H,11-14H2,1-2H3,(H,25,26). The number of aromatic nitrogens is 1. The molecule has 5 heteroatoms. The van der Waals surface area contributed by atoms with Crippen molar-refractivity contribution in [2.45, 2.75) is 26.7 Å². The van der Waals surface area contributed by atoms with E-state index in [0.29, 0.717) is 17.2 Å². The van der Waals surface area contributed by atoms with Gasteiger partial charge in [0.2, 0.25) is 0 Å². The van der Waals surface area contributed by atoms with Gasteiger partial charge < -0.3 is 10.2 Å². The average Bonchev–Trinajstić information content (AvgIpc) is 2.74. The van der Waals surface area contributed by atoms with Gasteiger partial charge in [-0.1, -0.05) is 25.1 Å². The minimum Gasteiger partial charge on any atom is -0.355 e. The number of Topliss-reactive ketones (excluding diaryl/α,β-unsaturated/α-hetero) is 1. The Balaban J connectivity index is 1.67. The summed E-state index contributed by atoms with van der Waals surface area (Å²) < 4.78 is 0. The molecule has 29 heavy (non-hydrogen) atoms. The molecule has 1 aliphatic rings. The molecule has 1 amide bonds. The van der Waals surface area contributed by atoms with Gasteiger partial charge in [0.15, 0.2) is 5.78 Å². The zero-order valence-corrected chi connectivity index (χ0v) is 16.8. The second-order valence-electron chi connectivity index (χ2n) is 7.81. The van der Waals surface area contributed by atoms with Gasteiger partial charge >= 0.3 is 0 Å². The van der Waals surface area contributed by atoms with Crippen LogP contribution in [0, 0.1) is 5.92 Å². The van der Waals surface area contributed by atoms with Gasteiger partial charge in [0.1, 0.15) is 5.69 Å². The molecule has 0 atom stereocenters. The summed E-state index contributed by atoms with van der Waals surface area (Å²) in [5.74, 6) is 0.686. The van der Waals surface area contributed by atoms with E-state index in [-0.39, 0.29) is 11.7 Å². The van der Waals surface area contributed by atoms with Gasteiger partial charge in [-0.25, -0.2) is 4.98 Å². The van der Waals surface area contributed by atoms with E-state index < -0.39 is 0 Å². The van der Waals surface area contributed by atoms with Crippen LogP contribution in [0.2, 0.25) is 0 Å². The number of nitrogens with one attached hydrogen (secondary N) is 1. The highest BCUT2D eigenvalue weighted by atomic mass is 16.2. The highest BCUT2D eigenvalue weighted by Crippen LogP contribution is 2.28. The van der Waals surface area contributed by atoms with Crippen LogP contribution in [0.1, 0.15) is 47.5 Å². The Bertz CT molecular complexity index is 1050. The van der Waals surface area contributed by atoms with Crippen LogP contribution in [0.5, 0.6) is 0 Å². The van der Waals surface area contributed by atoms with Crippen LogP contribution < -0.4 is 5.32 Å².